The highest BCUT2D eigenvalue weighted by molar-refractivity contribution is 6.17. The molecule has 0 saturated heterocycles. The van der Waals surface area contributed by atoms with Crippen LogP contribution in [0.3, 0.4) is 0 Å². The van der Waals surface area contributed by atoms with Crippen LogP contribution in [-0.2, 0) is 6.42 Å². The molecule has 6 aromatic carbocycles. The summed E-state index contributed by atoms with van der Waals surface area (Å²) in [4.78, 5) is 0. The summed E-state index contributed by atoms with van der Waals surface area (Å²) in [5.74, 6) is 0.567. The highest BCUT2D eigenvalue weighted by atomic mass is 16.5. The molecular formula is C43H30O2. The number of allylic oxidation sites excluding steroid dienone is 1. The van der Waals surface area contributed by atoms with Crippen LogP contribution in [0.25, 0.3) is 73.6 Å². The van der Waals surface area contributed by atoms with Gasteiger partial charge in [0.1, 0.15) is 11.2 Å². The quantitative estimate of drug-likeness (QED) is 0.176. The first kappa shape index (κ1) is 26.7. The van der Waals surface area contributed by atoms with E-state index in [9.17, 15) is 0 Å². The maximum atomic E-state index is 6.20. The standard InChI is InChI=1S/C43H30O2/c1-3-10-34(11-4-1)36-22-16-30(17-23-36)8-7-9-32-20-26-38-40(28-32)44-43-42(38)39-27-21-33(29-41(39)45-43)15-14-31-18-24-37(25-19-31)35-12-5-2-6-13-35/h1-7,9-29H,8H2/b9-7+,15-14+. The molecule has 0 atom stereocenters. The molecule has 45 heavy (non-hydrogen) atoms. The number of hydrogen-bond acceptors (Lipinski definition) is 2. The first-order chi connectivity index (χ1) is 22.3. The summed E-state index contributed by atoms with van der Waals surface area (Å²) < 4.78 is 12.4. The average Bonchev–Trinajstić information content (AvgIpc) is 3.64. The first-order valence-electron chi connectivity index (χ1n) is 15.3. The summed E-state index contributed by atoms with van der Waals surface area (Å²) in [5.41, 5.74) is 11.2. The molecule has 2 heteroatoms. The lowest BCUT2D eigenvalue weighted by atomic mass is 10.0. The van der Waals surface area contributed by atoms with E-state index in [0.717, 1.165) is 50.4 Å². The Bertz CT molecular complexity index is 2300. The Kier molecular flexibility index (Phi) is 6.94. The molecular weight excluding hydrogens is 548 g/mol. The zero-order valence-electron chi connectivity index (χ0n) is 24.7. The number of furan rings is 2. The smallest absolute Gasteiger partial charge is 0.299 e. The lowest BCUT2D eigenvalue weighted by molar-refractivity contribution is 0.524. The van der Waals surface area contributed by atoms with Gasteiger partial charge in [0.15, 0.2) is 0 Å². The number of rotatable bonds is 7. The van der Waals surface area contributed by atoms with Crippen LogP contribution < -0.4 is 0 Å². The van der Waals surface area contributed by atoms with Crippen LogP contribution in [-0.4, -0.2) is 0 Å². The molecule has 0 aliphatic rings. The number of hydrogen-bond donors (Lipinski definition) is 0. The summed E-state index contributed by atoms with van der Waals surface area (Å²) >= 11 is 0. The second kappa shape index (κ2) is 11.7. The summed E-state index contributed by atoms with van der Waals surface area (Å²) in [6, 6.07) is 51.0. The van der Waals surface area contributed by atoms with Gasteiger partial charge in [-0.2, -0.15) is 0 Å². The molecule has 0 spiro atoms. The van der Waals surface area contributed by atoms with E-state index in [1.165, 1.54) is 27.8 Å². The molecule has 2 nitrogen and oxygen atoms in total. The van der Waals surface area contributed by atoms with Gasteiger partial charge in [-0.25, -0.2) is 0 Å². The molecule has 0 fully saturated rings. The van der Waals surface area contributed by atoms with E-state index in [0.29, 0.717) is 5.78 Å². The maximum absolute atomic E-state index is 6.20. The van der Waals surface area contributed by atoms with E-state index in [-0.39, 0.29) is 0 Å². The Morgan fingerprint density at radius 2 is 0.889 bits per heavy atom. The fourth-order valence-electron chi connectivity index (χ4n) is 5.96. The third-order valence-corrected chi connectivity index (χ3v) is 8.37. The highest BCUT2D eigenvalue weighted by Gasteiger charge is 2.16. The lowest BCUT2D eigenvalue weighted by Gasteiger charge is -2.03. The van der Waals surface area contributed by atoms with Crippen molar-refractivity contribution >= 4 is 51.3 Å². The summed E-state index contributed by atoms with van der Waals surface area (Å²) in [5, 5.41) is 3.16. The fourth-order valence-corrected chi connectivity index (χ4v) is 5.96. The number of fused-ring (bicyclic) bond motifs is 5. The van der Waals surface area contributed by atoms with Crippen molar-refractivity contribution < 1.29 is 8.83 Å². The third kappa shape index (κ3) is 5.50. The van der Waals surface area contributed by atoms with Gasteiger partial charge in [-0.15, -0.1) is 0 Å². The topological polar surface area (TPSA) is 26.3 Å². The molecule has 8 aromatic rings. The second-order valence-electron chi connectivity index (χ2n) is 11.4. The van der Waals surface area contributed by atoms with E-state index < -0.39 is 0 Å². The average molecular weight is 579 g/mol. The predicted octanol–water partition coefficient (Wildman–Crippen LogP) is 12.1. The van der Waals surface area contributed by atoms with Gasteiger partial charge < -0.3 is 8.83 Å². The zero-order chi connectivity index (χ0) is 30.0. The van der Waals surface area contributed by atoms with E-state index in [2.05, 4.69) is 158 Å². The van der Waals surface area contributed by atoms with Gasteiger partial charge in [0.2, 0.25) is 0 Å². The van der Waals surface area contributed by atoms with Crippen LogP contribution in [0.5, 0.6) is 0 Å². The molecule has 0 unspecified atom stereocenters. The minimum atomic E-state index is 0.567. The van der Waals surface area contributed by atoms with E-state index in [1.807, 2.05) is 12.1 Å². The first-order valence-corrected chi connectivity index (χ1v) is 15.3. The van der Waals surface area contributed by atoms with Crippen LogP contribution >= 0.6 is 0 Å². The van der Waals surface area contributed by atoms with Crippen LogP contribution in [0.2, 0.25) is 0 Å². The Morgan fingerprint density at radius 1 is 0.422 bits per heavy atom. The van der Waals surface area contributed by atoms with E-state index in [1.54, 1.807) is 0 Å². The molecule has 214 valence electrons. The van der Waals surface area contributed by atoms with Gasteiger partial charge in [0.05, 0.1) is 5.39 Å². The molecule has 0 bridgehead atoms. The normalized spacial score (nSPS) is 11.9. The van der Waals surface area contributed by atoms with Gasteiger partial charge >= 0.3 is 0 Å². The molecule has 0 N–H and O–H groups in total. The van der Waals surface area contributed by atoms with Crippen molar-refractivity contribution in [3.8, 4) is 22.3 Å². The van der Waals surface area contributed by atoms with Gasteiger partial charge in [-0.1, -0.05) is 146 Å². The Morgan fingerprint density at radius 3 is 1.47 bits per heavy atom. The minimum absolute atomic E-state index is 0.567. The van der Waals surface area contributed by atoms with Gasteiger partial charge in [0, 0.05) is 10.8 Å². The Labute approximate surface area is 262 Å². The highest BCUT2D eigenvalue weighted by Crippen LogP contribution is 2.38. The molecule has 0 saturated carbocycles. The number of benzene rings is 6. The third-order valence-electron chi connectivity index (χ3n) is 8.37. The lowest BCUT2D eigenvalue weighted by Crippen LogP contribution is -1.82. The Balaban J connectivity index is 0.976. The SMILES string of the molecule is C(=C\c1ccc2c(c1)oc1oc3cc(/C=C/c4ccc(-c5ccccc5)cc4)ccc3c12)/Cc1ccc(-c2ccccc2)cc1. The van der Waals surface area contributed by atoms with Crippen molar-refractivity contribution in [3.63, 3.8) is 0 Å². The fraction of sp³-hybridized carbons (Fsp3) is 0.0233. The van der Waals surface area contributed by atoms with Crippen LogP contribution in [0.1, 0.15) is 22.3 Å². The van der Waals surface area contributed by atoms with Crippen LogP contribution in [0.15, 0.2) is 161 Å². The van der Waals surface area contributed by atoms with Gasteiger partial charge in [-0.3, -0.25) is 0 Å². The minimum Gasteiger partial charge on any atom is -0.425 e. The maximum Gasteiger partial charge on any atom is 0.299 e. The summed E-state index contributed by atoms with van der Waals surface area (Å²) in [6.07, 6.45) is 9.48. The molecule has 8 rings (SSSR count). The Hall–Kier alpha value is -5.86. The molecule has 2 heterocycles. The van der Waals surface area contributed by atoms with Gasteiger partial charge in [0.25, 0.3) is 5.78 Å². The van der Waals surface area contributed by atoms with E-state index >= 15 is 0 Å². The van der Waals surface area contributed by atoms with Gasteiger partial charge in [-0.05, 0) is 75.2 Å². The summed E-state index contributed by atoms with van der Waals surface area (Å²) in [6.45, 7) is 0. The molecule has 0 radical (unpaired) electrons. The van der Waals surface area contributed by atoms with Crippen molar-refractivity contribution in [2.45, 2.75) is 6.42 Å². The molecule has 0 aliphatic carbocycles. The second-order valence-corrected chi connectivity index (χ2v) is 11.4. The molecule has 2 aromatic heterocycles. The van der Waals surface area contributed by atoms with Crippen molar-refractivity contribution in [1.82, 2.24) is 0 Å². The van der Waals surface area contributed by atoms with Crippen molar-refractivity contribution in [2.24, 2.45) is 0 Å². The van der Waals surface area contributed by atoms with Crippen molar-refractivity contribution in [3.05, 3.63) is 174 Å². The monoisotopic (exact) mass is 578 g/mol. The largest absolute Gasteiger partial charge is 0.425 e. The van der Waals surface area contributed by atoms with Crippen molar-refractivity contribution in [1.29, 1.82) is 0 Å². The predicted molar refractivity (Wildman–Crippen MR) is 189 cm³/mol. The van der Waals surface area contributed by atoms with Crippen LogP contribution in [0, 0.1) is 0 Å². The molecule has 0 aliphatic heterocycles. The zero-order valence-corrected chi connectivity index (χ0v) is 24.7. The van der Waals surface area contributed by atoms with Crippen molar-refractivity contribution in [2.75, 3.05) is 0 Å². The van der Waals surface area contributed by atoms with E-state index in [4.69, 9.17) is 8.83 Å². The van der Waals surface area contributed by atoms with Crippen LogP contribution in [0.4, 0.5) is 0 Å². The summed E-state index contributed by atoms with van der Waals surface area (Å²) in [7, 11) is 0. The molecule has 0 amide bonds.